The first-order chi connectivity index (χ1) is 11.9. The predicted octanol–water partition coefficient (Wildman–Crippen LogP) is 3.59. The van der Waals surface area contributed by atoms with E-state index in [-0.39, 0.29) is 18.3 Å². The smallest absolute Gasteiger partial charge is 0.259 e. The highest BCUT2D eigenvalue weighted by Gasteiger charge is 2.22. The Morgan fingerprint density at radius 1 is 1.31 bits per heavy atom. The number of aromatic nitrogens is 2. The van der Waals surface area contributed by atoms with E-state index in [1.165, 1.54) is 9.75 Å². The van der Waals surface area contributed by atoms with Crippen molar-refractivity contribution in [2.75, 3.05) is 27.2 Å². The van der Waals surface area contributed by atoms with Gasteiger partial charge < -0.3 is 14.7 Å². The lowest BCUT2D eigenvalue weighted by Crippen LogP contribution is -2.33. The van der Waals surface area contributed by atoms with Gasteiger partial charge >= 0.3 is 0 Å². The number of halogens is 1. The summed E-state index contributed by atoms with van der Waals surface area (Å²) < 4.78 is 5.37. The van der Waals surface area contributed by atoms with Crippen molar-refractivity contribution in [3.63, 3.8) is 0 Å². The second-order valence-corrected chi connectivity index (χ2v) is 7.62. The van der Waals surface area contributed by atoms with Gasteiger partial charge in [-0.3, -0.25) is 4.79 Å². The van der Waals surface area contributed by atoms with Crippen LogP contribution in [0.4, 0.5) is 0 Å². The molecule has 3 rings (SSSR count). The van der Waals surface area contributed by atoms with Crippen LogP contribution in [-0.2, 0) is 0 Å². The van der Waals surface area contributed by atoms with Crippen LogP contribution in [-0.4, -0.2) is 48.1 Å². The Balaban J connectivity index is 0.00000243. The van der Waals surface area contributed by atoms with Gasteiger partial charge in [-0.1, -0.05) is 5.16 Å². The van der Waals surface area contributed by atoms with E-state index in [4.69, 9.17) is 4.52 Å². The van der Waals surface area contributed by atoms with Crippen LogP contribution in [0.25, 0.3) is 22.4 Å². The van der Waals surface area contributed by atoms with E-state index < -0.39 is 0 Å². The number of hydrogen-bond donors (Lipinski definition) is 1. The van der Waals surface area contributed by atoms with Crippen molar-refractivity contribution in [3.8, 4) is 11.3 Å². The van der Waals surface area contributed by atoms with Gasteiger partial charge in [-0.05, 0) is 40.0 Å². The summed E-state index contributed by atoms with van der Waals surface area (Å²) in [4.78, 5) is 21.7. The molecular weight excluding hydrogens is 372 g/mol. The molecule has 3 heterocycles. The van der Waals surface area contributed by atoms with Crippen LogP contribution in [0.15, 0.2) is 16.7 Å². The number of aryl methyl sites for hydroxylation is 3. The molecule has 0 fully saturated rings. The van der Waals surface area contributed by atoms with Gasteiger partial charge in [0.15, 0.2) is 0 Å². The number of hydrogen-bond acceptors (Lipinski definition) is 6. The van der Waals surface area contributed by atoms with Crippen LogP contribution >= 0.6 is 23.7 Å². The highest BCUT2D eigenvalue weighted by molar-refractivity contribution is 7.12. The molecule has 1 amide bonds. The molecule has 1 N–H and O–H groups in total. The molecule has 140 valence electrons. The topological polar surface area (TPSA) is 71.3 Å². The van der Waals surface area contributed by atoms with Crippen molar-refractivity contribution in [1.29, 1.82) is 0 Å². The van der Waals surface area contributed by atoms with Gasteiger partial charge in [0.2, 0.25) is 0 Å². The van der Waals surface area contributed by atoms with Crippen LogP contribution in [0.2, 0.25) is 0 Å². The highest BCUT2D eigenvalue weighted by Crippen LogP contribution is 2.33. The molecule has 3 aromatic heterocycles. The summed E-state index contributed by atoms with van der Waals surface area (Å²) in [6, 6.07) is 3.95. The summed E-state index contributed by atoms with van der Waals surface area (Å²) in [6.45, 7) is 7.31. The molecule has 0 saturated heterocycles. The Morgan fingerprint density at radius 3 is 2.65 bits per heavy atom. The van der Waals surface area contributed by atoms with Crippen LogP contribution in [0.1, 0.15) is 25.8 Å². The van der Waals surface area contributed by atoms with Gasteiger partial charge in [-0.25, -0.2) is 4.98 Å². The fourth-order valence-electron chi connectivity index (χ4n) is 2.87. The van der Waals surface area contributed by atoms with Crippen LogP contribution < -0.4 is 5.32 Å². The Hall–Kier alpha value is -1.96. The molecule has 0 aliphatic rings. The number of pyridine rings is 1. The summed E-state index contributed by atoms with van der Waals surface area (Å²) >= 11 is 1.72. The number of carbonyl (C=O) groups is 1. The van der Waals surface area contributed by atoms with Crippen LogP contribution in [0, 0.1) is 20.8 Å². The maximum absolute atomic E-state index is 13.0. The molecule has 0 aromatic carbocycles. The molecule has 0 aliphatic carbocycles. The lowest BCUT2D eigenvalue weighted by Gasteiger charge is -2.17. The predicted molar refractivity (Wildman–Crippen MR) is 107 cm³/mol. The Kier molecular flexibility index (Phi) is 6.39. The standard InChI is InChI=1S/C18H22N4O2S.ClH/c1-10-8-13(12(3)25-10)15-9-14(18(23)22(5)7-6-19-4)16-11(2)21-24-17(16)20-15;/h8-9,19H,6-7H2,1-5H3;1H. The number of rotatable bonds is 5. The quantitative estimate of drug-likeness (QED) is 0.716. The summed E-state index contributed by atoms with van der Waals surface area (Å²) in [6.07, 6.45) is 0. The molecule has 0 radical (unpaired) electrons. The number of amides is 1. The number of nitrogens with one attached hydrogen (secondary N) is 1. The van der Waals surface area contributed by atoms with E-state index in [0.29, 0.717) is 28.9 Å². The molecule has 6 nitrogen and oxygen atoms in total. The molecule has 0 spiro atoms. The fourth-order valence-corrected chi connectivity index (χ4v) is 3.81. The van der Waals surface area contributed by atoms with Crippen LogP contribution in [0.3, 0.4) is 0 Å². The average molecular weight is 395 g/mol. The summed E-state index contributed by atoms with van der Waals surface area (Å²) in [5.74, 6) is -0.0557. The van der Waals surface area contributed by atoms with Gasteiger partial charge in [0.25, 0.3) is 11.6 Å². The van der Waals surface area contributed by atoms with Gasteiger partial charge in [0.05, 0.1) is 22.3 Å². The number of thiophene rings is 1. The zero-order chi connectivity index (χ0) is 18.1. The van der Waals surface area contributed by atoms with Gasteiger partial charge in [0.1, 0.15) is 0 Å². The second kappa shape index (κ2) is 8.16. The maximum Gasteiger partial charge on any atom is 0.259 e. The molecule has 26 heavy (non-hydrogen) atoms. The largest absolute Gasteiger partial charge is 0.340 e. The zero-order valence-corrected chi connectivity index (χ0v) is 17.2. The van der Waals surface area contributed by atoms with Crippen molar-refractivity contribution in [2.24, 2.45) is 0 Å². The zero-order valence-electron chi connectivity index (χ0n) is 15.5. The Labute approximate surface area is 163 Å². The van der Waals surface area contributed by atoms with E-state index in [2.05, 4.69) is 35.4 Å². The van der Waals surface area contributed by atoms with E-state index in [1.807, 2.05) is 20.0 Å². The molecule has 0 saturated carbocycles. The van der Waals surface area contributed by atoms with Crippen molar-refractivity contribution in [3.05, 3.63) is 33.1 Å². The van der Waals surface area contributed by atoms with Crippen molar-refractivity contribution in [2.45, 2.75) is 20.8 Å². The summed E-state index contributed by atoms with van der Waals surface area (Å²) in [5, 5.41) is 7.75. The van der Waals surface area contributed by atoms with Gasteiger partial charge in [0, 0.05) is 35.5 Å². The molecule has 0 bridgehead atoms. The lowest BCUT2D eigenvalue weighted by molar-refractivity contribution is 0.0798. The van der Waals surface area contributed by atoms with Gasteiger partial charge in [-0.2, -0.15) is 0 Å². The molecule has 0 aliphatic heterocycles. The van der Waals surface area contributed by atoms with Crippen molar-refractivity contribution >= 4 is 40.8 Å². The van der Waals surface area contributed by atoms with E-state index in [1.54, 1.807) is 23.3 Å². The molecule has 8 heteroatoms. The van der Waals surface area contributed by atoms with E-state index in [9.17, 15) is 4.79 Å². The van der Waals surface area contributed by atoms with Crippen molar-refractivity contribution in [1.82, 2.24) is 20.4 Å². The first kappa shape index (κ1) is 20.4. The highest BCUT2D eigenvalue weighted by atomic mass is 35.5. The minimum absolute atomic E-state index is 0. The maximum atomic E-state index is 13.0. The first-order valence-corrected chi connectivity index (χ1v) is 8.98. The van der Waals surface area contributed by atoms with E-state index in [0.717, 1.165) is 17.8 Å². The third-order valence-electron chi connectivity index (χ3n) is 4.21. The Bertz CT molecular complexity index is 935. The number of likely N-dealkylation sites (N-methyl/N-ethyl adjacent to an activating group) is 2. The lowest BCUT2D eigenvalue weighted by atomic mass is 10.0. The molecule has 0 atom stereocenters. The minimum atomic E-state index is -0.0557. The number of carbonyl (C=O) groups excluding carboxylic acids is 1. The second-order valence-electron chi connectivity index (χ2n) is 6.16. The summed E-state index contributed by atoms with van der Waals surface area (Å²) in [7, 11) is 3.67. The minimum Gasteiger partial charge on any atom is -0.340 e. The average Bonchev–Trinajstić information content (AvgIpc) is 3.13. The molecule has 0 unspecified atom stereocenters. The number of fused-ring (bicyclic) bond motifs is 1. The third kappa shape index (κ3) is 3.75. The fraction of sp³-hybridized carbons (Fsp3) is 0.389. The van der Waals surface area contributed by atoms with E-state index >= 15 is 0 Å². The first-order valence-electron chi connectivity index (χ1n) is 8.17. The van der Waals surface area contributed by atoms with Gasteiger partial charge in [-0.15, -0.1) is 23.7 Å². The number of nitrogens with zero attached hydrogens (tertiary/aromatic N) is 3. The summed E-state index contributed by atoms with van der Waals surface area (Å²) in [5.41, 5.74) is 3.45. The molecular formula is C18H23ClN4O2S. The monoisotopic (exact) mass is 394 g/mol. The van der Waals surface area contributed by atoms with Crippen molar-refractivity contribution < 1.29 is 9.32 Å². The van der Waals surface area contributed by atoms with Crippen LogP contribution in [0.5, 0.6) is 0 Å². The third-order valence-corrected chi connectivity index (χ3v) is 5.17. The normalized spacial score (nSPS) is 10.8. The SMILES string of the molecule is CNCCN(C)C(=O)c1cc(-c2cc(C)sc2C)nc2onc(C)c12.Cl. The molecule has 3 aromatic rings. The Morgan fingerprint density at radius 2 is 2.04 bits per heavy atom.